The number of fused-ring (bicyclic) bond motifs is 2. The normalized spacial score (nSPS) is 13.2. The third-order valence-electron chi connectivity index (χ3n) is 4.41. The first-order chi connectivity index (χ1) is 12.1. The summed E-state index contributed by atoms with van der Waals surface area (Å²) in [5.41, 5.74) is 2.27. The number of pyridine rings is 1. The van der Waals surface area contributed by atoms with Crippen LogP contribution in [0.1, 0.15) is 35.6 Å². The quantitative estimate of drug-likeness (QED) is 0.795. The zero-order valence-electron chi connectivity index (χ0n) is 14.2. The number of nitrogens with one attached hydrogen (secondary N) is 1. The molecule has 0 saturated heterocycles. The van der Waals surface area contributed by atoms with Crippen molar-refractivity contribution in [3.05, 3.63) is 59.7 Å². The molecule has 1 aromatic carbocycles. The number of hydrogen-bond donors (Lipinski definition) is 1. The van der Waals surface area contributed by atoms with Gasteiger partial charge < -0.3 is 10.2 Å². The minimum atomic E-state index is -0.133. The van der Waals surface area contributed by atoms with Gasteiger partial charge in [-0.1, -0.05) is 24.3 Å². The first kappa shape index (κ1) is 15.5. The Balaban J connectivity index is 1.67. The van der Waals surface area contributed by atoms with Crippen molar-refractivity contribution < 1.29 is 4.79 Å². The Morgan fingerprint density at radius 2 is 1.96 bits per heavy atom. The Kier molecular flexibility index (Phi) is 3.80. The van der Waals surface area contributed by atoms with E-state index < -0.39 is 0 Å². The largest absolute Gasteiger partial charge is 0.346 e. The molecule has 6 nitrogen and oxygen atoms in total. The maximum Gasteiger partial charge on any atom is 0.270 e. The number of benzene rings is 1. The van der Waals surface area contributed by atoms with Gasteiger partial charge in [0.15, 0.2) is 0 Å². The Morgan fingerprint density at radius 1 is 1.16 bits per heavy atom. The molecule has 0 aliphatic carbocycles. The Bertz CT molecular complexity index is 953. The molecule has 6 heteroatoms. The van der Waals surface area contributed by atoms with E-state index in [-0.39, 0.29) is 11.9 Å². The first-order valence-electron chi connectivity index (χ1n) is 8.36. The van der Waals surface area contributed by atoms with E-state index in [0.717, 1.165) is 22.0 Å². The van der Waals surface area contributed by atoms with Crippen LogP contribution in [0.3, 0.4) is 0 Å². The smallest absolute Gasteiger partial charge is 0.270 e. The average molecular weight is 333 g/mol. The monoisotopic (exact) mass is 333 g/mol. The van der Waals surface area contributed by atoms with E-state index in [4.69, 9.17) is 0 Å². The minimum Gasteiger partial charge on any atom is -0.346 e. The summed E-state index contributed by atoms with van der Waals surface area (Å²) in [5, 5.41) is 5.05. The summed E-state index contributed by atoms with van der Waals surface area (Å²) < 4.78 is 0. The molecule has 1 aliphatic rings. The third-order valence-corrected chi connectivity index (χ3v) is 4.41. The van der Waals surface area contributed by atoms with Crippen LogP contribution in [0.15, 0.2) is 42.7 Å². The number of anilines is 1. The van der Waals surface area contributed by atoms with Gasteiger partial charge in [-0.2, -0.15) is 0 Å². The number of amides is 1. The summed E-state index contributed by atoms with van der Waals surface area (Å²) in [6.45, 7) is 5.25. The zero-order chi connectivity index (χ0) is 17.4. The minimum absolute atomic E-state index is 0.133. The molecular weight excluding hydrogens is 314 g/mol. The fourth-order valence-corrected chi connectivity index (χ4v) is 3.00. The van der Waals surface area contributed by atoms with Gasteiger partial charge in [-0.15, -0.1) is 0 Å². The lowest BCUT2D eigenvalue weighted by Gasteiger charge is -2.26. The van der Waals surface area contributed by atoms with Crippen molar-refractivity contribution in [2.45, 2.75) is 33.0 Å². The number of aromatic nitrogens is 3. The van der Waals surface area contributed by atoms with Crippen molar-refractivity contribution in [2.24, 2.45) is 0 Å². The standard InChI is InChI=1S/C19H19N5O/c1-12(2)24(19-22-10-15-9-21-18(25)17(15)23-19)11-16-7-13-5-3-4-6-14(13)8-20-16/h3-8,10,12H,9,11H2,1-2H3,(H,21,25). The zero-order valence-corrected chi connectivity index (χ0v) is 14.2. The Labute approximate surface area is 145 Å². The molecule has 126 valence electrons. The van der Waals surface area contributed by atoms with E-state index in [1.54, 1.807) is 6.20 Å². The fraction of sp³-hybridized carbons (Fsp3) is 0.263. The lowest BCUT2D eigenvalue weighted by molar-refractivity contribution is 0.0961. The highest BCUT2D eigenvalue weighted by Crippen LogP contribution is 2.21. The van der Waals surface area contributed by atoms with Crippen LogP contribution in [0.25, 0.3) is 10.8 Å². The second kappa shape index (κ2) is 6.12. The molecule has 1 N–H and O–H groups in total. The molecule has 0 unspecified atom stereocenters. The SMILES string of the molecule is CC(C)N(Cc1cc2ccccc2cn1)c1ncc2c(n1)C(=O)NC2. The number of rotatable bonds is 4. The number of carbonyl (C=O) groups excluding carboxylic acids is 1. The van der Waals surface area contributed by atoms with Crippen LogP contribution in [-0.2, 0) is 13.1 Å². The summed E-state index contributed by atoms with van der Waals surface area (Å²) >= 11 is 0. The van der Waals surface area contributed by atoms with Crippen LogP contribution in [0.2, 0.25) is 0 Å². The maximum atomic E-state index is 11.9. The second-order valence-corrected chi connectivity index (χ2v) is 6.47. The second-order valence-electron chi connectivity index (χ2n) is 6.47. The lowest BCUT2D eigenvalue weighted by atomic mass is 10.1. The molecule has 0 saturated carbocycles. The summed E-state index contributed by atoms with van der Waals surface area (Å²) in [6, 6.07) is 10.4. The van der Waals surface area contributed by atoms with E-state index >= 15 is 0 Å². The van der Waals surface area contributed by atoms with Gasteiger partial charge in [0.2, 0.25) is 5.95 Å². The van der Waals surface area contributed by atoms with Crippen molar-refractivity contribution in [3.63, 3.8) is 0 Å². The van der Waals surface area contributed by atoms with Crippen molar-refractivity contribution in [1.29, 1.82) is 0 Å². The van der Waals surface area contributed by atoms with Crippen molar-refractivity contribution in [1.82, 2.24) is 20.3 Å². The van der Waals surface area contributed by atoms with E-state index in [0.29, 0.717) is 24.7 Å². The highest BCUT2D eigenvalue weighted by Gasteiger charge is 2.24. The van der Waals surface area contributed by atoms with Crippen LogP contribution >= 0.6 is 0 Å². The predicted molar refractivity (Wildman–Crippen MR) is 96.3 cm³/mol. The summed E-state index contributed by atoms with van der Waals surface area (Å²) in [7, 11) is 0. The molecule has 3 aromatic rings. The average Bonchev–Trinajstić information content (AvgIpc) is 3.00. The molecule has 1 aliphatic heterocycles. The molecule has 0 spiro atoms. The predicted octanol–water partition coefficient (Wildman–Crippen LogP) is 2.68. The summed E-state index contributed by atoms with van der Waals surface area (Å²) in [5.74, 6) is 0.423. The van der Waals surface area contributed by atoms with Crippen LogP contribution in [-0.4, -0.2) is 26.9 Å². The molecule has 0 fully saturated rings. The van der Waals surface area contributed by atoms with Crippen molar-refractivity contribution in [3.8, 4) is 0 Å². The number of nitrogens with zero attached hydrogens (tertiary/aromatic N) is 4. The Hall–Kier alpha value is -3.02. The summed E-state index contributed by atoms with van der Waals surface area (Å²) in [6.07, 6.45) is 3.62. The van der Waals surface area contributed by atoms with E-state index in [1.807, 2.05) is 18.3 Å². The molecule has 25 heavy (non-hydrogen) atoms. The number of hydrogen-bond acceptors (Lipinski definition) is 5. The van der Waals surface area contributed by atoms with Gasteiger partial charge in [0.1, 0.15) is 5.69 Å². The molecular formula is C19H19N5O. The maximum absolute atomic E-state index is 11.9. The van der Waals surface area contributed by atoms with E-state index in [2.05, 4.69) is 57.2 Å². The van der Waals surface area contributed by atoms with Crippen molar-refractivity contribution in [2.75, 3.05) is 4.90 Å². The lowest BCUT2D eigenvalue weighted by Crippen LogP contribution is -2.32. The highest BCUT2D eigenvalue weighted by molar-refractivity contribution is 5.96. The molecule has 2 aromatic heterocycles. The van der Waals surface area contributed by atoms with Gasteiger partial charge in [0.05, 0.1) is 12.2 Å². The highest BCUT2D eigenvalue weighted by atomic mass is 16.2. The van der Waals surface area contributed by atoms with Crippen LogP contribution in [0.5, 0.6) is 0 Å². The van der Waals surface area contributed by atoms with E-state index in [1.165, 1.54) is 0 Å². The fourth-order valence-electron chi connectivity index (χ4n) is 3.00. The molecule has 0 atom stereocenters. The number of carbonyl (C=O) groups is 1. The van der Waals surface area contributed by atoms with E-state index in [9.17, 15) is 4.79 Å². The van der Waals surface area contributed by atoms with Gasteiger partial charge >= 0.3 is 0 Å². The molecule has 0 radical (unpaired) electrons. The van der Waals surface area contributed by atoms with Crippen molar-refractivity contribution >= 4 is 22.6 Å². The van der Waals surface area contributed by atoms with Gasteiger partial charge in [0.25, 0.3) is 5.91 Å². The first-order valence-corrected chi connectivity index (χ1v) is 8.36. The third kappa shape index (κ3) is 2.91. The van der Waals surface area contributed by atoms with Crippen LogP contribution < -0.4 is 10.2 Å². The topological polar surface area (TPSA) is 71.0 Å². The molecule has 0 bridgehead atoms. The van der Waals surface area contributed by atoms with Crippen LogP contribution in [0.4, 0.5) is 5.95 Å². The van der Waals surface area contributed by atoms with Crippen LogP contribution in [0, 0.1) is 0 Å². The van der Waals surface area contributed by atoms with Gasteiger partial charge in [-0.3, -0.25) is 9.78 Å². The van der Waals surface area contributed by atoms with Gasteiger partial charge in [-0.25, -0.2) is 9.97 Å². The molecule has 1 amide bonds. The summed E-state index contributed by atoms with van der Waals surface area (Å²) in [4.78, 5) is 27.5. The van der Waals surface area contributed by atoms with Gasteiger partial charge in [0, 0.05) is 35.9 Å². The molecule has 3 heterocycles. The van der Waals surface area contributed by atoms with Gasteiger partial charge in [-0.05, 0) is 25.3 Å². The Morgan fingerprint density at radius 3 is 2.76 bits per heavy atom. The molecule has 4 rings (SSSR count).